The summed E-state index contributed by atoms with van der Waals surface area (Å²) in [7, 11) is -3.23. The fourth-order valence-electron chi connectivity index (χ4n) is 2.44. The first-order valence-electron chi connectivity index (χ1n) is 7.37. The lowest BCUT2D eigenvalue weighted by atomic mass is 9.95. The molecular weight excluding hydrogens is 412 g/mol. The summed E-state index contributed by atoms with van der Waals surface area (Å²) in [4.78, 5) is 0. The normalized spacial score (nSPS) is 16.7. The highest BCUT2D eigenvalue weighted by atomic mass is 28.3. The van der Waals surface area contributed by atoms with Gasteiger partial charge in [0.2, 0.25) is 0 Å². The van der Waals surface area contributed by atoms with Crippen LogP contribution in [0, 0.1) is 0 Å². The smallest absolute Gasteiger partial charge is 0.240 e. The highest BCUT2D eigenvalue weighted by Gasteiger charge is 2.82. The zero-order valence-corrected chi connectivity index (χ0v) is 14.9. The molecular formula is C13H18F12Si. The van der Waals surface area contributed by atoms with Gasteiger partial charge in [-0.1, -0.05) is 32.5 Å². The van der Waals surface area contributed by atoms with E-state index < -0.39 is 56.6 Å². The van der Waals surface area contributed by atoms with Crippen LogP contribution in [0.15, 0.2) is 0 Å². The van der Waals surface area contributed by atoms with Crippen LogP contribution in [-0.4, -0.2) is 44.1 Å². The highest BCUT2D eigenvalue weighted by Crippen LogP contribution is 2.56. The van der Waals surface area contributed by atoms with Gasteiger partial charge in [-0.3, -0.25) is 0 Å². The Morgan fingerprint density at radius 3 is 1.54 bits per heavy atom. The van der Waals surface area contributed by atoms with E-state index in [0.717, 1.165) is 13.1 Å². The van der Waals surface area contributed by atoms with E-state index in [1.165, 1.54) is 6.92 Å². The van der Waals surface area contributed by atoms with E-state index in [9.17, 15) is 52.7 Å². The number of hydrogen-bond acceptors (Lipinski definition) is 0. The first-order valence-corrected chi connectivity index (χ1v) is 10.8. The van der Waals surface area contributed by atoms with E-state index in [1.807, 2.05) is 0 Å². The van der Waals surface area contributed by atoms with Crippen LogP contribution < -0.4 is 0 Å². The predicted molar refractivity (Wildman–Crippen MR) is 72.7 cm³/mol. The molecule has 0 N–H and O–H groups in total. The molecule has 0 heterocycles. The van der Waals surface area contributed by atoms with Crippen LogP contribution in [-0.2, 0) is 0 Å². The van der Waals surface area contributed by atoms with Gasteiger partial charge in [-0.2, -0.15) is 48.3 Å². The zero-order chi connectivity index (χ0) is 21.4. The molecule has 13 heteroatoms. The molecule has 0 radical (unpaired) electrons. The molecule has 0 spiro atoms. The van der Waals surface area contributed by atoms with Crippen molar-refractivity contribution in [3.05, 3.63) is 0 Å². The van der Waals surface area contributed by atoms with Crippen LogP contribution in [0.4, 0.5) is 52.7 Å². The van der Waals surface area contributed by atoms with Gasteiger partial charge in [0.25, 0.3) is 0 Å². The summed E-state index contributed by atoms with van der Waals surface area (Å²) in [5.41, 5.74) is 0. The van der Waals surface area contributed by atoms with Crippen LogP contribution in [0.2, 0.25) is 25.2 Å². The van der Waals surface area contributed by atoms with E-state index >= 15 is 0 Å². The van der Waals surface area contributed by atoms with Crippen LogP contribution in [0.25, 0.3) is 0 Å². The van der Waals surface area contributed by atoms with Crippen molar-refractivity contribution in [2.75, 3.05) is 0 Å². The van der Waals surface area contributed by atoms with Gasteiger partial charge in [0.15, 0.2) is 6.17 Å². The predicted octanol–water partition coefficient (Wildman–Crippen LogP) is 6.94. The Kier molecular flexibility index (Phi) is 7.24. The molecule has 0 aliphatic carbocycles. The summed E-state index contributed by atoms with van der Waals surface area (Å²) in [5, 5.41) is 0. The standard InChI is InChI=1S/C13H18F12Si/c1-4-5-26(2,3)7-9(15,16)12(22,23)13(24,25)11(20,21)8(14)6-10(17,18)19/h8H,4-7H2,1-3H3. The molecule has 0 nitrogen and oxygen atoms in total. The van der Waals surface area contributed by atoms with Crippen molar-refractivity contribution in [3.8, 4) is 0 Å². The van der Waals surface area contributed by atoms with Crippen molar-refractivity contribution in [2.24, 2.45) is 0 Å². The van der Waals surface area contributed by atoms with Crippen LogP contribution >= 0.6 is 0 Å². The molecule has 26 heavy (non-hydrogen) atoms. The van der Waals surface area contributed by atoms with Crippen molar-refractivity contribution in [1.29, 1.82) is 0 Å². The molecule has 0 fully saturated rings. The molecule has 0 aromatic heterocycles. The van der Waals surface area contributed by atoms with Crippen molar-refractivity contribution < 1.29 is 52.7 Å². The van der Waals surface area contributed by atoms with Gasteiger partial charge in [-0.05, 0) is 0 Å². The summed E-state index contributed by atoms with van der Waals surface area (Å²) in [6.07, 6.45) is -13.5. The molecule has 0 saturated heterocycles. The van der Waals surface area contributed by atoms with E-state index in [1.54, 1.807) is 0 Å². The molecule has 0 saturated carbocycles. The van der Waals surface area contributed by atoms with Crippen LogP contribution in [0.1, 0.15) is 19.8 Å². The summed E-state index contributed by atoms with van der Waals surface area (Å²) >= 11 is 0. The highest BCUT2D eigenvalue weighted by molar-refractivity contribution is 6.77. The van der Waals surface area contributed by atoms with Gasteiger partial charge < -0.3 is 0 Å². The molecule has 158 valence electrons. The third kappa shape index (κ3) is 5.21. The Labute approximate surface area is 142 Å². The molecule has 1 unspecified atom stereocenters. The van der Waals surface area contributed by atoms with E-state index in [-0.39, 0.29) is 12.5 Å². The number of rotatable bonds is 9. The Balaban J connectivity index is 5.84. The minimum atomic E-state index is -7.04. The maximum absolute atomic E-state index is 13.8. The maximum atomic E-state index is 13.8. The van der Waals surface area contributed by atoms with Gasteiger partial charge in [0.1, 0.15) is 0 Å². The Hall–Kier alpha value is -0.623. The molecule has 0 aliphatic heterocycles. The van der Waals surface area contributed by atoms with E-state index in [2.05, 4.69) is 0 Å². The lowest BCUT2D eigenvalue weighted by molar-refractivity contribution is -0.375. The second-order valence-corrected chi connectivity index (χ2v) is 12.0. The average molecular weight is 430 g/mol. The van der Waals surface area contributed by atoms with Crippen molar-refractivity contribution in [1.82, 2.24) is 0 Å². The summed E-state index contributed by atoms with van der Waals surface area (Å²) in [6, 6.07) is -1.83. The van der Waals surface area contributed by atoms with Gasteiger partial charge in [-0.15, -0.1) is 0 Å². The van der Waals surface area contributed by atoms with Gasteiger partial charge in [0.05, 0.1) is 14.5 Å². The number of halogens is 12. The topological polar surface area (TPSA) is 0 Å². The molecule has 0 aromatic carbocycles. The number of alkyl halides is 12. The Morgan fingerprint density at radius 1 is 0.769 bits per heavy atom. The van der Waals surface area contributed by atoms with Crippen LogP contribution in [0.5, 0.6) is 0 Å². The minimum Gasteiger partial charge on any atom is -0.240 e. The van der Waals surface area contributed by atoms with Gasteiger partial charge >= 0.3 is 29.9 Å². The molecule has 1 atom stereocenters. The molecule has 0 amide bonds. The number of hydrogen-bond donors (Lipinski definition) is 0. The van der Waals surface area contributed by atoms with Crippen molar-refractivity contribution >= 4 is 8.07 Å². The summed E-state index contributed by atoms with van der Waals surface area (Å²) in [5.74, 6) is -26.1. The lowest BCUT2D eigenvalue weighted by Gasteiger charge is -2.40. The molecule has 0 bridgehead atoms. The van der Waals surface area contributed by atoms with E-state index in [4.69, 9.17) is 0 Å². The SMILES string of the molecule is CCC[Si](C)(C)CC(F)(F)C(F)(F)C(F)(F)C(F)(F)C(F)CC(F)(F)F. The Morgan fingerprint density at radius 2 is 1.19 bits per heavy atom. The second-order valence-electron chi connectivity index (χ2n) is 6.85. The third-order valence-electron chi connectivity index (χ3n) is 3.70. The summed E-state index contributed by atoms with van der Waals surface area (Å²) < 4.78 is 157. The van der Waals surface area contributed by atoms with Gasteiger partial charge in [0, 0.05) is 6.04 Å². The molecule has 0 aromatic rings. The molecule has 0 aliphatic rings. The van der Waals surface area contributed by atoms with Crippen molar-refractivity contribution in [2.45, 2.75) is 81.0 Å². The fraction of sp³-hybridized carbons (Fsp3) is 1.00. The largest absolute Gasteiger partial charge is 0.392 e. The molecule has 0 rings (SSSR count). The average Bonchev–Trinajstić information content (AvgIpc) is 2.34. The fourth-order valence-corrected chi connectivity index (χ4v) is 5.40. The first-order chi connectivity index (χ1) is 11.1. The van der Waals surface area contributed by atoms with Crippen LogP contribution in [0.3, 0.4) is 0 Å². The quantitative estimate of drug-likeness (QED) is 0.275. The van der Waals surface area contributed by atoms with Crippen molar-refractivity contribution in [3.63, 3.8) is 0 Å². The zero-order valence-electron chi connectivity index (χ0n) is 13.9. The third-order valence-corrected chi connectivity index (χ3v) is 6.96. The maximum Gasteiger partial charge on any atom is 0.392 e. The van der Waals surface area contributed by atoms with Gasteiger partial charge in [-0.25, -0.2) is 4.39 Å². The minimum absolute atomic E-state index is 0.0134. The second kappa shape index (κ2) is 7.42. The van der Waals surface area contributed by atoms with E-state index in [0.29, 0.717) is 0 Å². The first kappa shape index (κ1) is 25.4. The monoisotopic (exact) mass is 430 g/mol. The Bertz CT molecular complexity index is 468. The lowest BCUT2D eigenvalue weighted by Crippen LogP contribution is -2.65. The summed E-state index contributed by atoms with van der Waals surface area (Å²) in [6.45, 7) is 3.77.